The number of esters is 1. The molecule has 1 atom stereocenters. The van der Waals surface area contributed by atoms with Gasteiger partial charge in [-0.05, 0) is 6.92 Å². The molecule has 1 heterocycles. The highest BCUT2D eigenvalue weighted by Gasteiger charge is 2.13. The number of carbonyl (C=O) groups is 1. The predicted molar refractivity (Wildman–Crippen MR) is 75.0 cm³/mol. The van der Waals surface area contributed by atoms with Crippen LogP contribution in [-0.2, 0) is 23.1 Å². The van der Waals surface area contributed by atoms with Crippen LogP contribution in [0.5, 0.6) is 0 Å². The number of guanidine groups is 1. The van der Waals surface area contributed by atoms with Gasteiger partial charge in [0.1, 0.15) is 18.7 Å². The van der Waals surface area contributed by atoms with E-state index in [2.05, 4.69) is 30.4 Å². The van der Waals surface area contributed by atoms with Crippen LogP contribution in [0, 0.1) is 5.92 Å². The highest BCUT2D eigenvalue weighted by atomic mass is 16.5. The molecule has 0 aliphatic heterocycles. The fraction of sp³-hybridized carbons (Fsp3) is 0.667. The van der Waals surface area contributed by atoms with Gasteiger partial charge in [-0.3, -0.25) is 9.48 Å². The highest BCUT2D eigenvalue weighted by Crippen LogP contribution is 1.96. The van der Waals surface area contributed by atoms with Gasteiger partial charge in [0, 0.05) is 20.1 Å². The van der Waals surface area contributed by atoms with Crippen molar-refractivity contribution in [3.05, 3.63) is 12.2 Å². The molecule has 0 amide bonds. The van der Waals surface area contributed by atoms with Crippen LogP contribution >= 0.6 is 0 Å². The van der Waals surface area contributed by atoms with E-state index in [1.54, 1.807) is 11.6 Å². The Morgan fingerprint density at radius 3 is 2.85 bits per heavy atom. The maximum absolute atomic E-state index is 11.3. The number of hydrogen-bond acceptors (Lipinski definition) is 5. The van der Waals surface area contributed by atoms with Gasteiger partial charge in [-0.15, -0.1) is 0 Å². The van der Waals surface area contributed by atoms with E-state index < -0.39 is 0 Å². The molecule has 0 saturated carbocycles. The first kappa shape index (κ1) is 15.9. The maximum atomic E-state index is 11.3. The third kappa shape index (κ3) is 4.87. The van der Waals surface area contributed by atoms with Gasteiger partial charge in [-0.2, -0.15) is 5.10 Å². The minimum Gasteiger partial charge on any atom is -0.469 e. The summed E-state index contributed by atoms with van der Waals surface area (Å²) in [7, 11) is 3.20. The number of rotatable bonds is 6. The fourth-order valence-corrected chi connectivity index (χ4v) is 1.49. The minimum absolute atomic E-state index is 0.237. The average Bonchev–Trinajstić information content (AvgIpc) is 2.86. The van der Waals surface area contributed by atoms with Gasteiger partial charge in [0.05, 0.1) is 13.0 Å². The summed E-state index contributed by atoms with van der Waals surface area (Å²) < 4.78 is 6.35. The van der Waals surface area contributed by atoms with Crippen LogP contribution in [0.1, 0.15) is 19.7 Å². The van der Waals surface area contributed by atoms with Crippen molar-refractivity contribution in [2.45, 2.75) is 20.4 Å². The molecule has 2 N–H and O–H groups in total. The summed E-state index contributed by atoms with van der Waals surface area (Å²) in [4.78, 5) is 19.8. The molecule has 1 rings (SSSR count). The molecular weight excluding hydrogens is 260 g/mol. The van der Waals surface area contributed by atoms with Gasteiger partial charge < -0.3 is 15.4 Å². The Balaban J connectivity index is 2.55. The number of nitrogens with zero attached hydrogens (tertiary/aromatic N) is 4. The van der Waals surface area contributed by atoms with Gasteiger partial charge in [-0.25, -0.2) is 9.98 Å². The molecule has 0 aliphatic carbocycles. The largest absolute Gasteiger partial charge is 0.469 e. The summed E-state index contributed by atoms with van der Waals surface area (Å²) in [6, 6.07) is 0. The Morgan fingerprint density at radius 2 is 2.30 bits per heavy atom. The van der Waals surface area contributed by atoms with Crippen molar-refractivity contribution < 1.29 is 9.53 Å². The number of methoxy groups -OCH3 is 1. The number of aryl methyl sites for hydroxylation is 1. The molecule has 1 aromatic rings. The number of ether oxygens (including phenoxy) is 1. The fourth-order valence-electron chi connectivity index (χ4n) is 1.49. The molecule has 112 valence electrons. The van der Waals surface area contributed by atoms with Crippen LogP contribution in [0.25, 0.3) is 0 Å². The second-order valence-electron chi connectivity index (χ2n) is 4.30. The van der Waals surface area contributed by atoms with Crippen molar-refractivity contribution in [2.24, 2.45) is 18.0 Å². The van der Waals surface area contributed by atoms with E-state index in [0.29, 0.717) is 19.0 Å². The van der Waals surface area contributed by atoms with Crippen LogP contribution in [0.2, 0.25) is 0 Å². The van der Waals surface area contributed by atoms with Gasteiger partial charge in [0.2, 0.25) is 0 Å². The van der Waals surface area contributed by atoms with E-state index in [0.717, 1.165) is 12.4 Å². The first-order valence-electron chi connectivity index (χ1n) is 6.51. The van der Waals surface area contributed by atoms with Gasteiger partial charge >= 0.3 is 5.97 Å². The lowest BCUT2D eigenvalue weighted by Gasteiger charge is -2.14. The van der Waals surface area contributed by atoms with Crippen molar-refractivity contribution in [1.82, 2.24) is 25.4 Å². The van der Waals surface area contributed by atoms with Crippen LogP contribution in [0.3, 0.4) is 0 Å². The number of carbonyl (C=O) groups excluding carboxylic acids is 1. The summed E-state index contributed by atoms with van der Waals surface area (Å²) in [6.45, 7) is 5.38. The molecule has 0 spiro atoms. The second kappa shape index (κ2) is 8.13. The Labute approximate surface area is 118 Å². The maximum Gasteiger partial charge on any atom is 0.310 e. The van der Waals surface area contributed by atoms with Crippen LogP contribution < -0.4 is 10.6 Å². The van der Waals surface area contributed by atoms with Crippen molar-refractivity contribution in [2.75, 3.05) is 20.2 Å². The molecule has 0 fully saturated rings. The topological polar surface area (TPSA) is 93.4 Å². The lowest BCUT2D eigenvalue weighted by molar-refractivity contribution is -0.144. The van der Waals surface area contributed by atoms with Crippen LogP contribution in [0.15, 0.2) is 11.3 Å². The SMILES string of the molecule is CCNC(=NCc1ncnn1C)NCC(C)C(=O)OC. The van der Waals surface area contributed by atoms with E-state index >= 15 is 0 Å². The lowest BCUT2D eigenvalue weighted by Crippen LogP contribution is -2.40. The molecule has 0 aromatic carbocycles. The minimum atomic E-state index is -0.248. The quantitative estimate of drug-likeness (QED) is 0.422. The Hall–Kier alpha value is -2.12. The second-order valence-corrected chi connectivity index (χ2v) is 4.30. The molecule has 1 unspecified atom stereocenters. The summed E-state index contributed by atoms with van der Waals surface area (Å²) in [6.07, 6.45) is 1.49. The number of aliphatic imine (C=N–C) groups is 1. The number of aromatic nitrogens is 3. The Morgan fingerprint density at radius 1 is 1.55 bits per heavy atom. The lowest BCUT2D eigenvalue weighted by atomic mass is 10.2. The van der Waals surface area contributed by atoms with Gasteiger partial charge in [0.25, 0.3) is 0 Å². The zero-order valence-corrected chi connectivity index (χ0v) is 12.4. The number of hydrogen-bond donors (Lipinski definition) is 2. The summed E-state index contributed by atoms with van der Waals surface area (Å²) in [5, 5.41) is 10.2. The molecular formula is C12H22N6O2. The highest BCUT2D eigenvalue weighted by molar-refractivity contribution is 5.80. The first-order chi connectivity index (χ1) is 9.58. The van der Waals surface area contributed by atoms with Gasteiger partial charge in [0.15, 0.2) is 5.96 Å². The Bertz CT molecular complexity index is 457. The molecule has 20 heavy (non-hydrogen) atoms. The molecule has 8 nitrogen and oxygen atoms in total. The van der Waals surface area contributed by atoms with Crippen molar-refractivity contribution in [1.29, 1.82) is 0 Å². The van der Waals surface area contributed by atoms with Crippen molar-refractivity contribution in [3.8, 4) is 0 Å². The summed E-state index contributed by atoms with van der Waals surface area (Å²) in [5.41, 5.74) is 0. The summed E-state index contributed by atoms with van der Waals surface area (Å²) in [5.74, 6) is 0.912. The third-order valence-corrected chi connectivity index (χ3v) is 2.71. The van der Waals surface area contributed by atoms with E-state index in [9.17, 15) is 4.79 Å². The average molecular weight is 282 g/mol. The van der Waals surface area contributed by atoms with E-state index in [4.69, 9.17) is 0 Å². The number of nitrogens with one attached hydrogen (secondary N) is 2. The molecule has 0 aliphatic rings. The van der Waals surface area contributed by atoms with Gasteiger partial charge in [-0.1, -0.05) is 6.92 Å². The monoisotopic (exact) mass is 282 g/mol. The molecule has 8 heteroatoms. The van der Waals surface area contributed by atoms with E-state index in [1.165, 1.54) is 13.4 Å². The normalized spacial score (nSPS) is 12.9. The van der Waals surface area contributed by atoms with Crippen molar-refractivity contribution >= 4 is 11.9 Å². The Kier molecular flexibility index (Phi) is 6.48. The van der Waals surface area contributed by atoms with Crippen molar-refractivity contribution in [3.63, 3.8) is 0 Å². The smallest absolute Gasteiger partial charge is 0.310 e. The molecule has 0 bridgehead atoms. The molecule has 1 aromatic heterocycles. The van der Waals surface area contributed by atoms with Crippen LogP contribution in [-0.4, -0.2) is 46.9 Å². The molecule has 0 saturated heterocycles. The van der Waals surface area contributed by atoms with E-state index in [1.807, 2.05) is 14.0 Å². The zero-order chi connectivity index (χ0) is 15.0. The van der Waals surface area contributed by atoms with E-state index in [-0.39, 0.29) is 11.9 Å². The molecule has 0 radical (unpaired) electrons. The third-order valence-electron chi connectivity index (χ3n) is 2.71. The summed E-state index contributed by atoms with van der Waals surface area (Å²) >= 11 is 0. The first-order valence-corrected chi connectivity index (χ1v) is 6.51. The van der Waals surface area contributed by atoms with Crippen LogP contribution in [0.4, 0.5) is 0 Å². The zero-order valence-electron chi connectivity index (χ0n) is 12.4. The predicted octanol–water partition coefficient (Wildman–Crippen LogP) is -0.321. The standard InChI is InChI=1S/C12H22N6O2/c1-5-13-12(14-6-9(2)11(19)20-4)15-7-10-16-8-17-18(10)3/h8-9H,5-7H2,1-4H3,(H2,13,14,15).